The molecule has 0 fully saturated rings. The maximum absolute atomic E-state index is 9.66. The molecule has 6 nitrogen and oxygen atoms in total. The van der Waals surface area contributed by atoms with Crippen molar-refractivity contribution in [3.63, 3.8) is 0 Å². The molecule has 0 aliphatic heterocycles. The number of fused-ring (bicyclic) bond motifs is 14. The van der Waals surface area contributed by atoms with E-state index in [-0.39, 0.29) is 17.1 Å². The summed E-state index contributed by atoms with van der Waals surface area (Å²) in [4.78, 5) is 19.5. The van der Waals surface area contributed by atoms with Crippen molar-refractivity contribution in [2.75, 3.05) is 0 Å². The number of aromatic nitrogens is 5. The van der Waals surface area contributed by atoms with Crippen LogP contribution in [0.25, 0.3) is 168 Å². The molecule has 5 heterocycles. The molecule has 84 heavy (non-hydrogen) atoms. The molecule has 0 spiro atoms. The number of hydrogen-bond acceptors (Lipinski definition) is 5. The Hall–Kier alpha value is -10.8. The van der Waals surface area contributed by atoms with Crippen LogP contribution in [0.1, 0.15) is 13.7 Å². The van der Waals surface area contributed by atoms with Gasteiger partial charge in [-0.25, -0.2) is 19.8 Å². The number of rotatable bonds is 8. The largest absolute Gasteiger partial charge is 0.317 e. The predicted octanol–water partition coefficient (Wildman–Crippen LogP) is 21.4. The molecule has 12 aromatic carbocycles. The molecule has 0 aliphatic carbocycles. The van der Waals surface area contributed by atoms with Crippen molar-refractivity contribution in [1.29, 1.82) is 0 Å². The Morgan fingerprint density at radius 3 is 1.27 bits per heavy atom. The molecule has 5 aromatic heterocycles. The Morgan fingerprint density at radius 2 is 0.786 bits per heavy atom. The Kier molecular flexibility index (Phi) is 8.84. The summed E-state index contributed by atoms with van der Waals surface area (Å²) in [6, 6.07) is 63.8. The van der Waals surface area contributed by atoms with E-state index in [0.29, 0.717) is 22.5 Å². The van der Waals surface area contributed by atoms with E-state index in [2.05, 4.69) is 147 Å². The topological polar surface area (TPSA) is 52.9 Å². The molecule has 17 rings (SSSR count). The second kappa shape index (κ2) is 19.2. The highest BCUT2D eigenvalue weighted by Crippen LogP contribution is 2.53. The van der Waals surface area contributed by atoms with Gasteiger partial charge in [0.25, 0.3) is 0 Å². The highest BCUT2D eigenvalue weighted by molar-refractivity contribution is 7.27. The van der Waals surface area contributed by atoms with Gasteiger partial charge in [0, 0.05) is 84.1 Å². The third-order valence-corrected chi connectivity index (χ3v) is 18.4. The van der Waals surface area contributed by atoms with E-state index in [9.17, 15) is 12.1 Å². The van der Waals surface area contributed by atoms with Crippen LogP contribution in [0.5, 0.6) is 0 Å². The second-order valence-electron chi connectivity index (χ2n) is 20.5. The summed E-state index contributed by atoms with van der Waals surface area (Å²) in [6.07, 6.45) is 0. The Labute approximate surface area is 504 Å². The first kappa shape index (κ1) is 38.8. The molecule has 390 valence electrons. The van der Waals surface area contributed by atoms with Gasteiger partial charge in [-0.2, -0.15) is 0 Å². The van der Waals surface area contributed by atoms with Crippen LogP contribution in [0.15, 0.2) is 267 Å². The molecule has 0 radical (unpaired) electrons. The lowest BCUT2D eigenvalue weighted by molar-refractivity contribution is 1.07. The zero-order valence-corrected chi connectivity index (χ0v) is 45.8. The van der Waals surface area contributed by atoms with Crippen molar-refractivity contribution in [1.82, 2.24) is 24.1 Å². The summed E-state index contributed by atoms with van der Waals surface area (Å²) >= 11 is 3.43. The monoisotopic (exact) mass is 1110 g/mol. The molecule has 0 amide bonds. The highest BCUT2D eigenvalue weighted by Gasteiger charge is 2.31. The summed E-state index contributed by atoms with van der Waals surface area (Å²) in [6.45, 7) is 9.66. The fourth-order valence-electron chi connectivity index (χ4n) is 12.4. The van der Waals surface area contributed by atoms with Crippen molar-refractivity contribution in [2.24, 2.45) is 0 Å². The van der Waals surface area contributed by atoms with Crippen LogP contribution in [0, 0.1) is 6.57 Å². The van der Waals surface area contributed by atoms with Gasteiger partial charge in [-0.1, -0.05) is 212 Å². The van der Waals surface area contributed by atoms with Gasteiger partial charge < -0.3 is 9.13 Å². The van der Waals surface area contributed by atoms with E-state index in [1.807, 2.05) is 66.7 Å². The van der Waals surface area contributed by atoms with Crippen LogP contribution in [0.3, 0.4) is 0 Å². The van der Waals surface area contributed by atoms with Gasteiger partial charge in [-0.15, -0.1) is 22.7 Å². The molecule has 0 bridgehead atoms. The standard InChI is InChI=1S/C76H44N6S2/c1-77-60-45-59(76-79-74(49-27-13-5-14-28-49)78-75(80-76)50-29-15-6-16-30-50)67(48-25-11-4-12-26-48)71(82-62-40-36-52(47-23-9-3-10-24-47)44-58(62)69-64(82)42-38-56-54-32-18-20-34-66(54)84-73(56)69)70(60)81-61-39-35-51(46-21-7-2-8-22-46)43-57(61)68-63(81)41-37-55-53-31-17-19-33-65(53)83-72(55)68/h2-45H/i5D,6D,13D,14D,15D,16D,27D,28D,29D,30D. The van der Waals surface area contributed by atoms with Crippen LogP contribution in [-0.4, -0.2) is 24.1 Å². The first-order valence-corrected chi connectivity index (χ1v) is 28.8. The quantitative estimate of drug-likeness (QED) is 0.143. The van der Waals surface area contributed by atoms with Crippen molar-refractivity contribution in [3.8, 4) is 78.9 Å². The van der Waals surface area contributed by atoms with Gasteiger partial charge in [0.1, 0.15) is 0 Å². The van der Waals surface area contributed by atoms with E-state index >= 15 is 0 Å². The van der Waals surface area contributed by atoms with E-state index in [1.165, 1.54) is 0 Å². The third-order valence-electron chi connectivity index (χ3n) is 16.0. The van der Waals surface area contributed by atoms with Gasteiger partial charge in [0.15, 0.2) is 17.5 Å². The lowest BCUT2D eigenvalue weighted by Crippen LogP contribution is -2.09. The number of benzene rings is 12. The maximum atomic E-state index is 9.66. The Bertz CT molecular complexity index is 6050. The van der Waals surface area contributed by atoms with Crippen molar-refractivity contribution in [2.45, 2.75) is 0 Å². The summed E-state index contributed by atoms with van der Waals surface area (Å²) in [5, 5.41) is 8.24. The molecule has 0 saturated heterocycles. The average molecular weight is 1120 g/mol. The minimum Gasteiger partial charge on any atom is -0.317 e. The van der Waals surface area contributed by atoms with E-state index in [0.717, 1.165) is 106 Å². The Balaban J connectivity index is 1.11. The summed E-state index contributed by atoms with van der Waals surface area (Å²) in [5.74, 6) is -1.05. The van der Waals surface area contributed by atoms with Gasteiger partial charge in [-0.3, -0.25) is 0 Å². The van der Waals surface area contributed by atoms with Crippen LogP contribution < -0.4 is 0 Å². The van der Waals surface area contributed by atoms with Crippen LogP contribution in [0.4, 0.5) is 5.69 Å². The third kappa shape index (κ3) is 7.43. The zero-order valence-electron chi connectivity index (χ0n) is 54.1. The van der Waals surface area contributed by atoms with Gasteiger partial charge in [0.05, 0.1) is 53.7 Å². The molecule has 0 saturated carbocycles. The molecule has 0 aliphatic rings. The summed E-state index contributed by atoms with van der Waals surface area (Å²) < 4.78 is 98.5. The van der Waals surface area contributed by atoms with E-state index in [4.69, 9.17) is 23.2 Å². The molecular weight excluding hydrogens is 1060 g/mol. The Morgan fingerprint density at radius 1 is 0.357 bits per heavy atom. The lowest BCUT2D eigenvalue weighted by atomic mass is 9.93. The fraction of sp³-hybridized carbons (Fsp3) is 0. The smallest absolute Gasteiger partial charge is 0.213 e. The lowest BCUT2D eigenvalue weighted by Gasteiger charge is -2.25. The molecule has 0 N–H and O–H groups in total. The predicted molar refractivity (Wildman–Crippen MR) is 353 cm³/mol. The first-order chi connectivity index (χ1) is 45.8. The van der Waals surface area contributed by atoms with E-state index < -0.39 is 83.2 Å². The minimum atomic E-state index is -0.668. The summed E-state index contributed by atoms with van der Waals surface area (Å²) in [7, 11) is 0. The molecule has 0 atom stereocenters. The minimum absolute atomic E-state index is 0.139. The van der Waals surface area contributed by atoms with Crippen LogP contribution in [-0.2, 0) is 0 Å². The number of thiophene rings is 2. The maximum Gasteiger partial charge on any atom is 0.213 e. The van der Waals surface area contributed by atoms with Crippen LogP contribution >= 0.6 is 22.7 Å². The van der Waals surface area contributed by atoms with Gasteiger partial charge in [-0.05, 0) is 82.4 Å². The van der Waals surface area contributed by atoms with Crippen molar-refractivity contribution < 1.29 is 13.7 Å². The SMILES string of the molecule is [2H]c1c([2H])c([2H])c(-c2nc(-c3cc([N+]#[C-])c(-n4c5ccc(-c6ccccc6)cc5c5c6sc7ccccc7c6ccc54)c(-n4c5ccc(-c6ccccc6)cc5c5c6sc7ccccc7c6ccc54)c3-c3ccccc3)nc(-c3c([2H])c([2H])c([2H])c([2H])c3[2H])n2)c([2H])c1[2H]. The number of nitrogens with zero attached hydrogens (tertiary/aromatic N) is 6. The van der Waals surface area contributed by atoms with Crippen LogP contribution in [0.2, 0.25) is 0 Å². The van der Waals surface area contributed by atoms with E-state index in [1.54, 1.807) is 28.7 Å². The zero-order chi connectivity index (χ0) is 64.1. The second-order valence-corrected chi connectivity index (χ2v) is 22.6. The van der Waals surface area contributed by atoms with Crippen molar-refractivity contribution in [3.05, 3.63) is 278 Å². The molecule has 0 unspecified atom stereocenters. The van der Waals surface area contributed by atoms with Gasteiger partial charge >= 0.3 is 0 Å². The molecular formula is C76H44N6S2. The normalized spacial score (nSPS) is 13.5. The number of hydrogen-bond donors (Lipinski definition) is 0. The highest BCUT2D eigenvalue weighted by atomic mass is 32.1. The molecule has 8 heteroatoms. The fourth-order valence-corrected chi connectivity index (χ4v) is 14.9. The average Bonchev–Trinajstić information content (AvgIpc) is 1.51. The van der Waals surface area contributed by atoms with Crippen molar-refractivity contribution >= 4 is 112 Å². The summed E-state index contributed by atoms with van der Waals surface area (Å²) in [5.41, 5.74) is 8.95. The first-order valence-electron chi connectivity index (χ1n) is 32.2. The van der Waals surface area contributed by atoms with Gasteiger partial charge in [0.2, 0.25) is 5.69 Å². The molecule has 17 aromatic rings.